The molecule has 0 spiro atoms. The van der Waals surface area contributed by atoms with Gasteiger partial charge >= 0.3 is 5.69 Å². The molecule has 1 aliphatic heterocycles. The number of benzene rings is 3. The Hall–Kier alpha value is -4.78. The molecule has 2 heterocycles. The molecule has 5 rings (SSSR count). The molecule has 4 atom stereocenters. The minimum atomic E-state index is -1.70. The van der Waals surface area contributed by atoms with Crippen molar-refractivity contribution in [3.63, 3.8) is 0 Å². The van der Waals surface area contributed by atoms with E-state index in [1.807, 2.05) is 78.9 Å². The van der Waals surface area contributed by atoms with Crippen LogP contribution in [0.25, 0.3) is 0 Å². The van der Waals surface area contributed by atoms with Gasteiger partial charge in [0.25, 0.3) is 14.1 Å². The molecule has 12 nitrogen and oxygen atoms in total. The molecule has 1 aromatic heterocycles. The molecule has 1 aliphatic rings. The van der Waals surface area contributed by atoms with Crippen molar-refractivity contribution < 1.29 is 28.0 Å². The molecule has 13 heteroatoms. The topological polar surface area (TPSA) is 137 Å². The van der Waals surface area contributed by atoms with E-state index in [4.69, 9.17) is 28.0 Å². The van der Waals surface area contributed by atoms with Gasteiger partial charge in [-0.15, -0.1) is 0 Å². The first-order valence-electron chi connectivity index (χ1n) is 20.8. The summed E-state index contributed by atoms with van der Waals surface area (Å²) in [4.78, 5) is 28.9. The van der Waals surface area contributed by atoms with E-state index in [0.717, 1.165) is 42.4 Å². The molecule has 60 heavy (non-hydrogen) atoms. The second-order valence-electron chi connectivity index (χ2n) is 15.2. The van der Waals surface area contributed by atoms with Gasteiger partial charge in [-0.05, 0) is 75.1 Å². The Morgan fingerprint density at radius 3 is 2.07 bits per heavy atom. The van der Waals surface area contributed by atoms with Gasteiger partial charge in [-0.3, -0.25) is 14.3 Å². The van der Waals surface area contributed by atoms with Crippen molar-refractivity contribution in [2.24, 2.45) is 0 Å². The Morgan fingerprint density at radius 1 is 0.883 bits per heavy atom. The largest absolute Gasteiger partial charge is 0.497 e. The van der Waals surface area contributed by atoms with Crippen molar-refractivity contribution in [2.45, 2.75) is 116 Å². The monoisotopic (exact) mass is 838 g/mol. The molecule has 0 aliphatic carbocycles. The number of rotatable bonds is 21. The first-order valence-corrected chi connectivity index (χ1v) is 21.9. The molecule has 320 valence electrons. The first kappa shape index (κ1) is 46.3. The number of H-pyrrole nitrogens is 1. The fraction of sp³-hybridized carbons (Fsp3) is 0.468. The molecule has 1 unspecified atom stereocenters. The summed E-state index contributed by atoms with van der Waals surface area (Å²) in [6, 6.07) is 27.8. The van der Waals surface area contributed by atoms with E-state index in [-0.39, 0.29) is 43.7 Å². The zero-order chi connectivity index (χ0) is 43.1. The lowest BCUT2D eigenvalue weighted by Gasteiger charge is -2.39. The highest BCUT2D eigenvalue weighted by Crippen LogP contribution is 2.50. The van der Waals surface area contributed by atoms with E-state index in [1.165, 1.54) is 10.8 Å². The smallest absolute Gasteiger partial charge is 0.330 e. The maximum absolute atomic E-state index is 13.5. The van der Waals surface area contributed by atoms with E-state index in [0.29, 0.717) is 17.9 Å². The third-order valence-electron chi connectivity index (χ3n) is 10.4. The maximum Gasteiger partial charge on any atom is 0.330 e. The van der Waals surface area contributed by atoms with Crippen LogP contribution in [-0.2, 0) is 24.1 Å². The highest BCUT2D eigenvalue weighted by atomic mass is 31.2. The molecule has 0 amide bonds. The second-order valence-corrected chi connectivity index (χ2v) is 16.6. The van der Waals surface area contributed by atoms with Crippen molar-refractivity contribution in [1.82, 2.24) is 14.2 Å². The summed E-state index contributed by atoms with van der Waals surface area (Å²) in [5.41, 5.74) is 0.414. The van der Waals surface area contributed by atoms with Crippen molar-refractivity contribution in [3.05, 3.63) is 128 Å². The number of nitriles is 1. The molecule has 0 saturated carbocycles. The fourth-order valence-electron chi connectivity index (χ4n) is 7.41. The number of aromatic amines is 1. The Bertz CT molecular complexity index is 2100. The number of hydrogen-bond donors (Lipinski definition) is 1. The van der Waals surface area contributed by atoms with Gasteiger partial charge in [-0.25, -0.2) is 9.46 Å². The maximum atomic E-state index is 13.5. The first-order chi connectivity index (χ1) is 29.1. The Kier molecular flexibility index (Phi) is 17.5. The Labute approximate surface area is 355 Å². The highest BCUT2D eigenvalue weighted by molar-refractivity contribution is 7.44. The lowest BCUT2D eigenvalue weighted by molar-refractivity contribution is -0.0925. The molecule has 1 fully saturated rings. The van der Waals surface area contributed by atoms with Crippen molar-refractivity contribution in [3.8, 4) is 29.4 Å². The summed E-state index contributed by atoms with van der Waals surface area (Å²) >= 11 is 0. The van der Waals surface area contributed by atoms with Crippen LogP contribution in [0, 0.1) is 23.2 Å². The van der Waals surface area contributed by atoms with Gasteiger partial charge in [-0.2, -0.15) is 5.26 Å². The second kappa shape index (κ2) is 22.7. The molecule has 1 N–H and O–H groups in total. The third kappa shape index (κ3) is 11.5. The molecule has 0 radical (unpaired) electrons. The van der Waals surface area contributed by atoms with E-state index >= 15 is 0 Å². The molecular weight excluding hydrogens is 780 g/mol. The number of methoxy groups -OCH3 is 2. The molecule has 1 saturated heterocycles. The van der Waals surface area contributed by atoms with Gasteiger partial charge in [0.2, 0.25) is 0 Å². The van der Waals surface area contributed by atoms with Gasteiger partial charge < -0.3 is 28.0 Å². The van der Waals surface area contributed by atoms with Crippen molar-refractivity contribution in [1.29, 1.82) is 5.26 Å². The van der Waals surface area contributed by atoms with Crippen LogP contribution in [0.2, 0.25) is 0 Å². The summed E-state index contributed by atoms with van der Waals surface area (Å²) in [6.45, 7) is 10.6. The summed E-state index contributed by atoms with van der Waals surface area (Å²) in [6.07, 6.45) is 4.60. The van der Waals surface area contributed by atoms with Crippen LogP contribution in [0.5, 0.6) is 11.5 Å². The van der Waals surface area contributed by atoms with E-state index in [9.17, 15) is 14.9 Å². The number of nitrogens with zero attached hydrogens (tertiary/aromatic N) is 3. The average molecular weight is 839 g/mol. The highest BCUT2D eigenvalue weighted by Gasteiger charge is 2.45. The number of nitrogens with one attached hydrogen (secondary N) is 1. The van der Waals surface area contributed by atoms with Gasteiger partial charge in [-0.1, -0.05) is 92.6 Å². The summed E-state index contributed by atoms with van der Waals surface area (Å²) in [7, 11) is 1.55. The standard InChI is InChI=1S/C47H59N4O8P/c1-8-9-10-11-12-14-18-36-32-50(46(53)49-45(36)52)44-31-42(59-60(57-30-17-29-48)51(34(2)3)35(4)5)43(58-44)33-56-47(37-19-15-13-16-20-37,38-21-25-40(54-6)26-22-38)39-23-27-41(55-7)28-24-39/h13,15-16,19-28,32,34-35,42-44H,8-12,17,30-31,33H2,1-7H3,(H,49,52,53)/t42-,43+,44+,60?/m0/s1. The van der Waals surface area contributed by atoms with Crippen LogP contribution in [0.15, 0.2) is 94.6 Å². The predicted molar refractivity (Wildman–Crippen MR) is 234 cm³/mol. The van der Waals surface area contributed by atoms with Gasteiger partial charge in [0.15, 0.2) is 0 Å². The molecule has 0 bridgehead atoms. The lowest BCUT2D eigenvalue weighted by Crippen LogP contribution is -2.39. The Balaban J connectivity index is 1.59. The molecule has 3 aromatic carbocycles. The zero-order valence-electron chi connectivity index (χ0n) is 35.9. The van der Waals surface area contributed by atoms with Gasteiger partial charge in [0, 0.05) is 31.1 Å². The minimum Gasteiger partial charge on any atom is -0.497 e. The van der Waals surface area contributed by atoms with E-state index < -0.39 is 43.8 Å². The lowest BCUT2D eigenvalue weighted by atomic mass is 9.80. The van der Waals surface area contributed by atoms with Crippen LogP contribution in [-0.4, -0.2) is 65.9 Å². The van der Waals surface area contributed by atoms with Crippen molar-refractivity contribution >= 4 is 8.53 Å². The minimum absolute atomic E-state index is 0.0152. The predicted octanol–water partition coefficient (Wildman–Crippen LogP) is 8.83. The summed E-state index contributed by atoms with van der Waals surface area (Å²) in [5, 5.41) is 9.39. The third-order valence-corrected chi connectivity index (χ3v) is 12.5. The van der Waals surface area contributed by atoms with Crippen LogP contribution < -0.4 is 20.7 Å². The number of hydrogen-bond acceptors (Lipinski definition) is 10. The number of unbranched alkanes of at least 4 members (excludes halogenated alkanes) is 4. The fourth-order valence-corrected chi connectivity index (χ4v) is 9.17. The summed E-state index contributed by atoms with van der Waals surface area (Å²) in [5.74, 6) is 7.49. The van der Waals surface area contributed by atoms with Crippen molar-refractivity contribution in [2.75, 3.05) is 27.4 Å². The van der Waals surface area contributed by atoms with Crippen LogP contribution in [0.1, 0.15) is 108 Å². The normalized spacial score (nSPS) is 17.1. The van der Waals surface area contributed by atoms with Gasteiger partial charge in [0.05, 0.1) is 46.0 Å². The SMILES string of the molecule is CCCCCCC#Cc1cn([C@H]2C[C@H](OP(OCCC#N)N(C(C)C)C(C)C)[C@@H](COC(c3ccccc3)(c3ccc(OC)cc3)c3ccc(OC)cc3)O2)c(=O)[nH]c1=O. The number of ether oxygens (including phenoxy) is 4. The molecular formula is C47H59N4O8P. The summed E-state index contributed by atoms with van der Waals surface area (Å²) < 4.78 is 42.0. The average Bonchev–Trinajstić information content (AvgIpc) is 3.65. The molecule has 4 aromatic rings. The van der Waals surface area contributed by atoms with Gasteiger partial charge in [0.1, 0.15) is 35.0 Å². The zero-order valence-corrected chi connectivity index (χ0v) is 36.8. The van der Waals surface area contributed by atoms with Crippen LogP contribution >= 0.6 is 8.53 Å². The Morgan fingerprint density at radius 2 is 1.50 bits per heavy atom. The number of aromatic nitrogens is 2. The van der Waals surface area contributed by atoms with Crippen LogP contribution in [0.3, 0.4) is 0 Å². The van der Waals surface area contributed by atoms with E-state index in [1.54, 1.807) is 14.2 Å². The quantitative estimate of drug-likeness (QED) is 0.0375. The van der Waals surface area contributed by atoms with E-state index in [2.05, 4.69) is 62.2 Å². The van der Waals surface area contributed by atoms with Crippen LogP contribution in [0.4, 0.5) is 0 Å².